The molecule has 198 valence electrons. The lowest BCUT2D eigenvalue weighted by Gasteiger charge is -2.10. The minimum absolute atomic E-state index is 0.0374. The lowest BCUT2D eigenvalue weighted by atomic mass is 10.1. The largest absolute Gasteiger partial charge is 0.497 e. The molecule has 0 unspecified atom stereocenters. The highest BCUT2D eigenvalue weighted by Crippen LogP contribution is 2.24. The summed E-state index contributed by atoms with van der Waals surface area (Å²) in [5, 5.41) is 17.0. The molecule has 0 aliphatic heterocycles. The summed E-state index contributed by atoms with van der Waals surface area (Å²) < 4.78 is 29.7. The molecule has 0 saturated carbocycles. The van der Waals surface area contributed by atoms with Gasteiger partial charge in [0, 0.05) is 23.7 Å². The first-order chi connectivity index (χ1) is 18.1. The van der Waals surface area contributed by atoms with E-state index in [4.69, 9.17) is 9.88 Å². The van der Waals surface area contributed by atoms with Gasteiger partial charge in [0.1, 0.15) is 5.75 Å². The molecule has 4 rings (SSSR count). The quantitative estimate of drug-likeness (QED) is 0.223. The number of aromatic nitrogens is 5. The maximum atomic E-state index is 13.1. The summed E-state index contributed by atoms with van der Waals surface area (Å²) in [5.74, 6) is 0.686. The number of aryl methyl sites for hydroxylation is 2. The van der Waals surface area contributed by atoms with Gasteiger partial charge in [0.2, 0.25) is 10.0 Å². The van der Waals surface area contributed by atoms with Crippen molar-refractivity contribution in [3.63, 3.8) is 0 Å². The van der Waals surface area contributed by atoms with E-state index in [9.17, 15) is 13.2 Å². The molecule has 0 atom stereocenters. The molecule has 2 heterocycles. The van der Waals surface area contributed by atoms with E-state index >= 15 is 0 Å². The fourth-order valence-electron chi connectivity index (χ4n) is 3.68. The number of rotatable bonds is 10. The Morgan fingerprint density at radius 2 is 1.71 bits per heavy atom. The highest BCUT2D eigenvalue weighted by atomic mass is 32.2. The number of hydrogen-bond donors (Lipinski definition) is 2. The Hall–Kier alpha value is -3.81. The molecule has 11 nitrogen and oxygen atoms in total. The van der Waals surface area contributed by atoms with Crippen LogP contribution in [-0.4, -0.2) is 52.9 Å². The van der Waals surface area contributed by atoms with Crippen molar-refractivity contribution in [2.75, 3.05) is 13.7 Å². The Labute approximate surface area is 224 Å². The second-order valence-electron chi connectivity index (χ2n) is 8.41. The molecule has 2 aromatic heterocycles. The third kappa shape index (κ3) is 6.73. The van der Waals surface area contributed by atoms with Crippen LogP contribution in [0.4, 0.5) is 0 Å². The van der Waals surface area contributed by atoms with Crippen molar-refractivity contribution in [1.29, 1.82) is 0 Å². The number of sulfonamides is 1. The molecule has 0 radical (unpaired) electrons. The van der Waals surface area contributed by atoms with Gasteiger partial charge in [-0.1, -0.05) is 29.1 Å². The Bertz CT molecular complexity index is 1520. The predicted octanol–water partition coefficient (Wildman–Crippen LogP) is 2.59. The lowest BCUT2D eigenvalue weighted by Crippen LogP contribution is -2.27. The molecule has 0 aliphatic carbocycles. The number of nitrogens with one attached hydrogen (secondary N) is 1. The molecule has 13 heteroatoms. The van der Waals surface area contributed by atoms with E-state index in [0.29, 0.717) is 35.3 Å². The van der Waals surface area contributed by atoms with Crippen LogP contribution in [-0.2, 0) is 22.2 Å². The van der Waals surface area contributed by atoms with Crippen LogP contribution < -0.4 is 15.2 Å². The number of carbonyl (C=O) groups is 1. The van der Waals surface area contributed by atoms with Gasteiger partial charge in [-0.2, -0.15) is 0 Å². The summed E-state index contributed by atoms with van der Waals surface area (Å²) >= 11 is 1.39. The van der Waals surface area contributed by atoms with Crippen LogP contribution in [0.15, 0.2) is 64.6 Å². The number of thioether (sulfide) groups is 1. The molecular weight excluding hydrogens is 526 g/mol. The maximum absolute atomic E-state index is 13.1. The number of primary sulfonamides is 1. The van der Waals surface area contributed by atoms with Crippen LogP contribution in [0.5, 0.6) is 5.75 Å². The summed E-state index contributed by atoms with van der Waals surface area (Å²) in [6.07, 6.45) is 0.490. The average Bonchev–Trinajstić information content (AvgIpc) is 3.31. The number of carbonyl (C=O) groups excluding carboxylic acids is 1. The fraction of sp³-hybridized carbons (Fsp3) is 0.240. The van der Waals surface area contributed by atoms with E-state index in [1.54, 1.807) is 23.9 Å². The predicted molar refractivity (Wildman–Crippen MR) is 143 cm³/mol. The molecule has 3 N–H and O–H groups in total. The molecule has 1 amide bonds. The number of amides is 1. The number of methoxy groups -OCH3 is 1. The summed E-state index contributed by atoms with van der Waals surface area (Å²) in [4.78, 5) is 22.1. The maximum Gasteiger partial charge on any atom is 0.273 e. The average molecular weight is 554 g/mol. The molecule has 0 bridgehead atoms. The van der Waals surface area contributed by atoms with E-state index in [2.05, 4.69) is 25.6 Å². The third-order valence-electron chi connectivity index (χ3n) is 5.55. The van der Waals surface area contributed by atoms with Crippen molar-refractivity contribution >= 4 is 27.7 Å². The van der Waals surface area contributed by atoms with Gasteiger partial charge >= 0.3 is 0 Å². The zero-order chi connectivity index (χ0) is 27.3. The number of nitrogens with zero attached hydrogens (tertiary/aromatic N) is 5. The van der Waals surface area contributed by atoms with Gasteiger partial charge in [0.25, 0.3) is 5.91 Å². The summed E-state index contributed by atoms with van der Waals surface area (Å²) in [7, 11) is -2.16. The smallest absolute Gasteiger partial charge is 0.273 e. The van der Waals surface area contributed by atoms with Crippen molar-refractivity contribution in [3.05, 3.63) is 82.9 Å². The lowest BCUT2D eigenvalue weighted by molar-refractivity contribution is 0.0948. The summed E-state index contributed by atoms with van der Waals surface area (Å²) in [6, 6.07) is 15.4. The molecule has 0 saturated heterocycles. The Balaban J connectivity index is 1.52. The number of hydrogen-bond acceptors (Lipinski definition) is 9. The zero-order valence-corrected chi connectivity index (χ0v) is 22.7. The van der Waals surface area contributed by atoms with Crippen molar-refractivity contribution in [2.24, 2.45) is 5.14 Å². The molecule has 0 fully saturated rings. The molecule has 2 aromatic carbocycles. The molecular formula is C25H27N7O4S2. The van der Waals surface area contributed by atoms with Gasteiger partial charge in [-0.25, -0.2) is 28.2 Å². The van der Waals surface area contributed by atoms with Crippen molar-refractivity contribution in [1.82, 2.24) is 30.3 Å². The zero-order valence-electron chi connectivity index (χ0n) is 21.1. The van der Waals surface area contributed by atoms with Crippen LogP contribution in [0, 0.1) is 13.8 Å². The van der Waals surface area contributed by atoms with Gasteiger partial charge in [0.15, 0.2) is 10.9 Å². The third-order valence-corrected chi connectivity index (χ3v) is 7.33. The standard InChI is InChI=1S/C25H27N7O4S2/c1-16-14-17(2)29-25(28-16)37-15-22-23(30-31-32(22)19-6-8-20(36-3)9-7-19)24(33)27-13-12-18-4-10-21(11-5-18)38(26,34)35/h4-11,14H,12-13,15H2,1-3H3,(H,27,33)(H2,26,34,35). The van der Waals surface area contributed by atoms with Crippen molar-refractivity contribution in [3.8, 4) is 11.4 Å². The summed E-state index contributed by atoms with van der Waals surface area (Å²) in [5.41, 5.74) is 4.08. The van der Waals surface area contributed by atoms with Gasteiger partial charge in [-0.3, -0.25) is 4.79 Å². The first-order valence-corrected chi connectivity index (χ1v) is 14.1. The molecule has 0 aliphatic rings. The van der Waals surface area contributed by atoms with Crippen molar-refractivity contribution in [2.45, 2.75) is 36.1 Å². The van der Waals surface area contributed by atoms with Gasteiger partial charge in [-0.05, 0) is 68.3 Å². The van der Waals surface area contributed by atoms with Crippen LogP contribution in [0.2, 0.25) is 0 Å². The van der Waals surface area contributed by atoms with E-state index in [-0.39, 0.29) is 16.5 Å². The van der Waals surface area contributed by atoms with E-state index in [0.717, 1.165) is 22.6 Å². The highest BCUT2D eigenvalue weighted by molar-refractivity contribution is 7.98. The normalized spacial score (nSPS) is 11.4. The topological polar surface area (TPSA) is 155 Å². The van der Waals surface area contributed by atoms with Gasteiger partial charge in [0.05, 0.1) is 23.4 Å². The molecule has 4 aromatic rings. The fourth-order valence-corrected chi connectivity index (χ4v) is 5.14. The number of benzene rings is 2. The minimum Gasteiger partial charge on any atom is -0.497 e. The van der Waals surface area contributed by atoms with E-state index in [1.165, 1.54) is 23.9 Å². The first kappa shape index (κ1) is 27.2. The van der Waals surface area contributed by atoms with E-state index < -0.39 is 10.0 Å². The van der Waals surface area contributed by atoms with Gasteiger partial charge < -0.3 is 10.1 Å². The van der Waals surface area contributed by atoms with Crippen molar-refractivity contribution < 1.29 is 17.9 Å². The van der Waals surface area contributed by atoms with Crippen LogP contribution in [0.3, 0.4) is 0 Å². The van der Waals surface area contributed by atoms with Gasteiger partial charge in [-0.15, -0.1) is 5.10 Å². The minimum atomic E-state index is -3.75. The summed E-state index contributed by atoms with van der Waals surface area (Å²) in [6.45, 7) is 4.13. The first-order valence-electron chi connectivity index (χ1n) is 11.6. The second kappa shape index (κ2) is 11.7. The SMILES string of the molecule is COc1ccc(-n2nnc(C(=O)NCCc3ccc(S(N)(=O)=O)cc3)c2CSc2nc(C)cc(C)n2)cc1. The van der Waals surface area contributed by atoms with E-state index in [1.807, 2.05) is 44.2 Å². The Morgan fingerprint density at radius 3 is 2.32 bits per heavy atom. The second-order valence-corrected chi connectivity index (χ2v) is 10.9. The van der Waals surface area contributed by atoms with Crippen LogP contribution in [0.25, 0.3) is 5.69 Å². The van der Waals surface area contributed by atoms with Crippen LogP contribution in [0.1, 0.15) is 33.1 Å². The number of nitrogens with two attached hydrogens (primary N) is 1. The highest BCUT2D eigenvalue weighted by Gasteiger charge is 2.21. The Morgan fingerprint density at radius 1 is 1.05 bits per heavy atom. The molecule has 38 heavy (non-hydrogen) atoms. The number of ether oxygens (including phenoxy) is 1. The Kier molecular flexibility index (Phi) is 8.39. The van der Waals surface area contributed by atoms with Crippen LogP contribution >= 0.6 is 11.8 Å². The molecule has 0 spiro atoms. The monoisotopic (exact) mass is 553 g/mol.